The van der Waals surface area contributed by atoms with E-state index in [9.17, 15) is 17.6 Å². The average Bonchev–Trinajstić information content (AvgIpc) is 3.19. The highest BCUT2D eigenvalue weighted by Gasteiger charge is 2.37. The van der Waals surface area contributed by atoms with Crippen LogP contribution >= 0.6 is 0 Å². The highest BCUT2D eigenvalue weighted by molar-refractivity contribution is 5.46. The van der Waals surface area contributed by atoms with Gasteiger partial charge in [0.15, 0.2) is 11.6 Å². The van der Waals surface area contributed by atoms with Crippen molar-refractivity contribution in [3.8, 4) is 11.5 Å². The summed E-state index contributed by atoms with van der Waals surface area (Å²) in [6.45, 7) is 0.279. The lowest BCUT2D eigenvalue weighted by molar-refractivity contribution is -0.276. The zero-order valence-electron chi connectivity index (χ0n) is 12.1. The van der Waals surface area contributed by atoms with Crippen LogP contribution in [0.15, 0.2) is 12.1 Å². The number of benzene rings is 1. The zero-order chi connectivity index (χ0) is 15.7. The highest BCUT2D eigenvalue weighted by atomic mass is 19.4. The molecule has 122 valence electrons. The molecule has 0 heterocycles. The van der Waals surface area contributed by atoms with E-state index in [0.29, 0.717) is 5.92 Å². The molecule has 6 heteroatoms. The molecule has 0 bridgehead atoms. The lowest BCUT2D eigenvalue weighted by Crippen LogP contribution is -2.20. The number of hydrogen-bond donors (Lipinski definition) is 0. The van der Waals surface area contributed by atoms with E-state index in [1.807, 2.05) is 0 Å². The molecule has 0 saturated heterocycles. The topological polar surface area (TPSA) is 18.5 Å². The van der Waals surface area contributed by atoms with Gasteiger partial charge in [0, 0.05) is 0 Å². The second kappa shape index (κ2) is 5.97. The minimum absolute atomic E-state index is 0.000361. The Morgan fingerprint density at radius 1 is 1.09 bits per heavy atom. The molecule has 2 aliphatic carbocycles. The molecular weight excluding hydrogens is 300 g/mol. The predicted molar refractivity (Wildman–Crippen MR) is 72.5 cm³/mol. The van der Waals surface area contributed by atoms with Gasteiger partial charge in [0.2, 0.25) is 5.75 Å². The number of rotatable bonds is 6. The Kier molecular flexibility index (Phi) is 4.19. The van der Waals surface area contributed by atoms with Gasteiger partial charge in [0.25, 0.3) is 0 Å². The van der Waals surface area contributed by atoms with Crippen molar-refractivity contribution in [1.82, 2.24) is 0 Å². The van der Waals surface area contributed by atoms with Gasteiger partial charge >= 0.3 is 6.36 Å². The van der Waals surface area contributed by atoms with Crippen LogP contribution in [-0.4, -0.2) is 13.0 Å². The van der Waals surface area contributed by atoms with Crippen LogP contribution in [0.4, 0.5) is 17.6 Å². The van der Waals surface area contributed by atoms with Gasteiger partial charge in [-0.25, -0.2) is 4.39 Å². The Balaban J connectivity index is 1.75. The fourth-order valence-electron chi connectivity index (χ4n) is 2.70. The predicted octanol–water partition coefficient (Wildman–Crippen LogP) is 5.17. The van der Waals surface area contributed by atoms with E-state index in [4.69, 9.17) is 4.74 Å². The Bertz CT molecular complexity index is 534. The van der Waals surface area contributed by atoms with Crippen LogP contribution in [0.3, 0.4) is 0 Å². The molecule has 0 aliphatic heterocycles. The molecule has 0 atom stereocenters. The molecule has 2 fully saturated rings. The van der Waals surface area contributed by atoms with Crippen molar-refractivity contribution in [2.75, 3.05) is 6.61 Å². The molecule has 0 N–H and O–H groups in total. The molecular formula is C16H18F4O2. The van der Waals surface area contributed by atoms with Crippen LogP contribution in [0.5, 0.6) is 11.5 Å². The highest BCUT2D eigenvalue weighted by Crippen LogP contribution is 2.46. The van der Waals surface area contributed by atoms with Crippen LogP contribution in [0, 0.1) is 11.7 Å². The zero-order valence-corrected chi connectivity index (χ0v) is 12.1. The average molecular weight is 318 g/mol. The maximum atomic E-state index is 14.3. The number of halogens is 4. The van der Waals surface area contributed by atoms with E-state index in [0.717, 1.165) is 32.1 Å². The second-order valence-electron chi connectivity index (χ2n) is 6.05. The summed E-state index contributed by atoms with van der Waals surface area (Å²) in [5.74, 6) is -1.37. The lowest BCUT2D eigenvalue weighted by atomic mass is 9.83. The third-order valence-electron chi connectivity index (χ3n) is 4.33. The molecule has 1 aromatic rings. The number of alkyl halides is 3. The molecule has 0 amide bonds. The Hall–Kier alpha value is -1.46. The first-order valence-electron chi connectivity index (χ1n) is 7.65. The normalized spacial score (nSPS) is 18.9. The van der Waals surface area contributed by atoms with Crippen molar-refractivity contribution < 1.29 is 27.0 Å². The largest absolute Gasteiger partial charge is 0.573 e. The summed E-state index contributed by atoms with van der Waals surface area (Å²) in [4.78, 5) is 0. The van der Waals surface area contributed by atoms with Crippen LogP contribution < -0.4 is 9.47 Å². The SMILES string of the molecule is Fc1c(C2CC2)ccc(OCCC2CCC2)c1OC(F)(F)F. The third-order valence-corrected chi connectivity index (χ3v) is 4.33. The summed E-state index contributed by atoms with van der Waals surface area (Å²) in [6.07, 6.45) is 0.882. The van der Waals surface area contributed by atoms with Gasteiger partial charge in [-0.2, -0.15) is 0 Å². The molecule has 22 heavy (non-hydrogen) atoms. The van der Waals surface area contributed by atoms with Crippen molar-refractivity contribution in [3.63, 3.8) is 0 Å². The number of ether oxygens (including phenoxy) is 2. The van der Waals surface area contributed by atoms with Gasteiger partial charge in [0.1, 0.15) is 0 Å². The maximum Gasteiger partial charge on any atom is 0.573 e. The fourth-order valence-corrected chi connectivity index (χ4v) is 2.70. The summed E-state index contributed by atoms with van der Waals surface area (Å²) in [5, 5.41) is 0. The van der Waals surface area contributed by atoms with Crippen molar-refractivity contribution in [3.05, 3.63) is 23.5 Å². The molecule has 2 aliphatic rings. The van der Waals surface area contributed by atoms with Gasteiger partial charge < -0.3 is 9.47 Å². The van der Waals surface area contributed by atoms with E-state index in [-0.39, 0.29) is 23.8 Å². The summed E-state index contributed by atoms with van der Waals surface area (Å²) in [5.41, 5.74) is 0.283. The minimum Gasteiger partial charge on any atom is -0.490 e. The van der Waals surface area contributed by atoms with Gasteiger partial charge in [-0.3, -0.25) is 0 Å². The van der Waals surface area contributed by atoms with E-state index in [2.05, 4.69) is 4.74 Å². The van der Waals surface area contributed by atoms with Crippen molar-refractivity contribution in [1.29, 1.82) is 0 Å². The summed E-state index contributed by atoms with van der Waals surface area (Å²) >= 11 is 0. The first kappa shape index (κ1) is 15.4. The van der Waals surface area contributed by atoms with Crippen molar-refractivity contribution in [2.45, 2.75) is 50.8 Å². The Morgan fingerprint density at radius 3 is 2.36 bits per heavy atom. The first-order chi connectivity index (χ1) is 10.4. The van der Waals surface area contributed by atoms with E-state index in [1.54, 1.807) is 0 Å². The fraction of sp³-hybridized carbons (Fsp3) is 0.625. The summed E-state index contributed by atoms with van der Waals surface area (Å²) in [6, 6.07) is 2.90. The molecule has 0 spiro atoms. The Morgan fingerprint density at radius 2 is 1.82 bits per heavy atom. The van der Waals surface area contributed by atoms with Crippen LogP contribution in [0.25, 0.3) is 0 Å². The molecule has 2 nitrogen and oxygen atoms in total. The molecule has 0 radical (unpaired) electrons. The summed E-state index contributed by atoms with van der Waals surface area (Å²) < 4.78 is 61.1. The monoisotopic (exact) mass is 318 g/mol. The van der Waals surface area contributed by atoms with Gasteiger partial charge in [-0.05, 0) is 42.7 Å². The molecule has 2 saturated carbocycles. The smallest absolute Gasteiger partial charge is 0.490 e. The van der Waals surface area contributed by atoms with Gasteiger partial charge in [-0.15, -0.1) is 13.2 Å². The number of hydrogen-bond acceptors (Lipinski definition) is 2. The van der Waals surface area contributed by atoms with Crippen LogP contribution in [0.1, 0.15) is 50.0 Å². The molecule has 3 rings (SSSR count). The maximum absolute atomic E-state index is 14.3. The summed E-state index contributed by atoms with van der Waals surface area (Å²) in [7, 11) is 0. The first-order valence-corrected chi connectivity index (χ1v) is 7.65. The van der Waals surface area contributed by atoms with E-state index >= 15 is 0 Å². The van der Waals surface area contributed by atoms with Crippen LogP contribution in [-0.2, 0) is 0 Å². The third kappa shape index (κ3) is 3.65. The Labute approximate surface area is 126 Å². The second-order valence-corrected chi connectivity index (χ2v) is 6.05. The lowest BCUT2D eigenvalue weighted by Gasteiger charge is -2.25. The standard InChI is InChI=1S/C16H18F4O2/c17-14-12(11-4-5-11)6-7-13(15(14)22-16(18,19)20)21-9-8-10-2-1-3-10/h6-7,10-11H,1-5,8-9H2. The minimum atomic E-state index is -4.94. The van der Waals surface area contributed by atoms with Crippen LogP contribution in [0.2, 0.25) is 0 Å². The van der Waals surface area contributed by atoms with E-state index in [1.165, 1.54) is 18.6 Å². The van der Waals surface area contributed by atoms with Gasteiger partial charge in [0.05, 0.1) is 6.61 Å². The van der Waals surface area contributed by atoms with E-state index < -0.39 is 17.9 Å². The quantitative estimate of drug-likeness (QED) is 0.674. The van der Waals surface area contributed by atoms with Crippen molar-refractivity contribution >= 4 is 0 Å². The van der Waals surface area contributed by atoms with Gasteiger partial charge in [-0.1, -0.05) is 25.3 Å². The molecule has 0 unspecified atom stereocenters. The molecule has 0 aromatic heterocycles. The molecule has 1 aromatic carbocycles. The van der Waals surface area contributed by atoms with Crippen molar-refractivity contribution in [2.24, 2.45) is 5.92 Å².